The highest BCUT2D eigenvalue weighted by Gasteiger charge is 2.53. The molecule has 0 bridgehead atoms. The molecule has 2 fully saturated rings. The Morgan fingerprint density at radius 3 is 1.71 bits per heavy atom. The molecule has 0 radical (unpaired) electrons. The van der Waals surface area contributed by atoms with Crippen LogP contribution in [0.5, 0.6) is 0 Å². The minimum atomic E-state index is -1.41. The zero-order chi connectivity index (χ0) is 33.9. The maximum Gasteiger partial charge on any atom is 0.303 e. The molecule has 260 valence electrons. The van der Waals surface area contributed by atoms with E-state index in [4.69, 9.17) is 37.9 Å². The number of aliphatic hydroxyl groups is 3. The fourth-order valence-electron chi connectivity index (χ4n) is 5.78. The predicted octanol–water partition coefficient (Wildman–Crippen LogP) is 2.50. The smallest absolute Gasteiger partial charge is 0.303 e. The summed E-state index contributed by atoms with van der Waals surface area (Å²) in [6.45, 7) is 1.12. The predicted molar refractivity (Wildman–Crippen MR) is 170 cm³/mol. The Balaban J connectivity index is 1.41. The molecule has 48 heavy (non-hydrogen) atoms. The lowest BCUT2D eigenvalue weighted by Gasteiger charge is -2.48. The van der Waals surface area contributed by atoms with Gasteiger partial charge in [-0.3, -0.25) is 4.79 Å². The molecule has 2 aliphatic rings. The molecular weight excluding hydrogens is 624 g/mol. The molecule has 3 aromatic rings. The van der Waals surface area contributed by atoms with Gasteiger partial charge in [-0.2, -0.15) is 0 Å². The van der Waals surface area contributed by atoms with Crippen LogP contribution in [0.15, 0.2) is 91.0 Å². The zero-order valence-corrected chi connectivity index (χ0v) is 27.0. The highest BCUT2D eigenvalue weighted by molar-refractivity contribution is 5.66. The Morgan fingerprint density at radius 1 is 0.667 bits per heavy atom. The van der Waals surface area contributed by atoms with Crippen molar-refractivity contribution in [3.8, 4) is 0 Å². The quantitative estimate of drug-likeness (QED) is 0.204. The van der Waals surface area contributed by atoms with E-state index < -0.39 is 74.0 Å². The van der Waals surface area contributed by atoms with E-state index >= 15 is 0 Å². The molecule has 3 N–H and O–H groups in total. The molecule has 0 amide bonds. The molecule has 2 saturated heterocycles. The summed E-state index contributed by atoms with van der Waals surface area (Å²) in [4.78, 5) is 12.2. The number of hydrogen-bond donors (Lipinski definition) is 3. The number of carbonyl (C=O) groups is 1. The molecule has 0 unspecified atom stereocenters. The number of carbonyl (C=O) groups excluding carboxylic acids is 1. The summed E-state index contributed by atoms with van der Waals surface area (Å²) in [5, 5.41) is 33.0. The molecule has 0 aromatic heterocycles. The minimum Gasteiger partial charge on any atom is -0.457 e. The van der Waals surface area contributed by atoms with Gasteiger partial charge in [0.05, 0.1) is 33.0 Å². The standard InChI is InChI=1S/C36H44O12/c1-23(38)45-31-28(22-42-19-24-12-6-3-7-13-24)47-36(33(30(31)40)44-21-26-16-10-5-11-17-26)48-34-32(43-20-25-14-8-4-9-15-25)29(39)27(18-37)46-35(34)41-2/h3-17,27-37,39-40H,18-22H2,1-2H3/t27-,28-,29+,30+,31+,32+,33-,34-,35-,36-/m1/s1. The summed E-state index contributed by atoms with van der Waals surface area (Å²) >= 11 is 0. The maximum atomic E-state index is 12.2. The molecule has 2 heterocycles. The first kappa shape index (κ1) is 36.0. The molecule has 2 aliphatic heterocycles. The normalized spacial score (nSPS) is 30.5. The first-order chi connectivity index (χ1) is 23.4. The first-order valence-corrected chi connectivity index (χ1v) is 15.9. The van der Waals surface area contributed by atoms with Gasteiger partial charge in [0.2, 0.25) is 0 Å². The van der Waals surface area contributed by atoms with Crippen molar-refractivity contribution in [1.82, 2.24) is 0 Å². The maximum absolute atomic E-state index is 12.2. The second-order valence-corrected chi connectivity index (χ2v) is 11.7. The van der Waals surface area contributed by atoms with Gasteiger partial charge >= 0.3 is 5.97 Å². The highest BCUT2D eigenvalue weighted by Crippen LogP contribution is 2.34. The van der Waals surface area contributed by atoms with Gasteiger partial charge in [-0.15, -0.1) is 0 Å². The highest BCUT2D eigenvalue weighted by atomic mass is 16.8. The van der Waals surface area contributed by atoms with Crippen molar-refractivity contribution in [2.45, 2.75) is 88.2 Å². The summed E-state index contributed by atoms with van der Waals surface area (Å²) in [7, 11) is 1.40. The van der Waals surface area contributed by atoms with E-state index in [1.165, 1.54) is 14.0 Å². The number of aliphatic hydroxyl groups excluding tert-OH is 3. The summed E-state index contributed by atoms with van der Waals surface area (Å²) in [6.07, 6.45) is -11.6. The molecule has 0 saturated carbocycles. The first-order valence-electron chi connectivity index (χ1n) is 15.9. The average Bonchev–Trinajstić information content (AvgIpc) is 3.10. The fraction of sp³-hybridized carbons (Fsp3) is 0.472. The van der Waals surface area contributed by atoms with Crippen LogP contribution in [0.25, 0.3) is 0 Å². The third-order valence-corrected chi connectivity index (χ3v) is 8.21. The van der Waals surface area contributed by atoms with Crippen molar-refractivity contribution in [3.05, 3.63) is 108 Å². The fourth-order valence-corrected chi connectivity index (χ4v) is 5.78. The van der Waals surface area contributed by atoms with Crippen molar-refractivity contribution in [1.29, 1.82) is 0 Å². The number of rotatable bonds is 15. The van der Waals surface area contributed by atoms with Crippen LogP contribution in [0.4, 0.5) is 0 Å². The van der Waals surface area contributed by atoms with Crippen LogP contribution in [0.2, 0.25) is 0 Å². The SMILES string of the molecule is CO[C@@H]1O[C@H](CO)[C@H](O)[C@H](OCc2ccccc2)[C@H]1O[C@H]1O[C@H](COCc2ccccc2)[C@H](OC(C)=O)[C@H](O)[C@H]1OCc1ccccc1. The number of methoxy groups -OCH3 is 1. The topological polar surface area (TPSA) is 152 Å². The summed E-state index contributed by atoms with van der Waals surface area (Å²) in [5.41, 5.74) is 2.59. The summed E-state index contributed by atoms with van der Waals surface area (Å²) in [6, 6.07) is 28.2. The third kappa shape index (κ3) is 9.45. The van der Waals surface area contributed by atoms with Crippen LogP contribution in [-0.4, -0.2) is 103 Å². The molecule has 5 rings (SSSR count). The Labute approximate surface area is 280 Å². The molecule has 10 atom stereocenters. The number of ether oxygens (including phenoxy) is 8. The Bertz CT molecular complexity index is 1360. The van der Waals surface area contributed by atoms with Crippen LogP contribution in [-0.2, 0) is 62.5 Å². The van der Waals surface area contributed by atoms with Crippen molar-refractivity contribution in [2.75, 3.05) is 20.3 Å². The monoisotopic (exact) mass is 668 g/mol. The summed E-state index contributed by atoms with van der Waals surface area (Å²) in [5.74, 6) is -0.621. The van der Waals surface area contributed by atoms with Crippen molar-refractivity contribution < 1.29 is 58.0 Å². The zero-order valence-electron chi connectivity index (χ0n) is 27.0. The van der Waals surface area contributed by atoms with Crippen LogP contribution >= 0.6 is 0 Å². The van der Waals surface area contributed by atoms with Gasteiger partial charge in [-0.05, 0) is 16.7 Å². The van der Waals surface area contributed by atoms with E-state index in [9.17, 15) is 20.1 Å². The lowest BCUT2D eigenvalue weighted by molar-refractivity contribution is -0.373. The number of hydrogen-bond acceptors (Lipinski definition) is 12. The van der Waals surface area contributed by atoms with Crippen LogP contribution in [0.3, 0.4) is 0 Å². The molecule has 3 aromatic carbocycles. The van der Waals surface area contributed by atoms with E-state index in [-0.39, 0.29) is 26.4 Å². The van der Waals surface area contributed by atoms with Crippen molar-refractivity contribution in [2.24, 2.45) is 0 Å². The molecule has 0 aliphatic carbocycles. The number of esters is 1. The minimum absolute atomic E-state index is 0.0623. The van der Waals surface area contributed by atoms with Crippen molar-refractivity contribution >= 4 is 5.97 Å². The van der Waals surface area contributed by atoms with Gasteiger partial charge in [0.1, 0.15) is 42.7 Å². The second kappa shape index (κ2) is 17.9. The van der Waals surface area contributed by atoms with Crippen LogP contribution < -0.4 is 0 Å². The number of benzene rings is 3. The van der Waals surface area contributed by atoms with Gasteiger partial charge in [0.25, 0.3) is 0 Å². The Kier molecular flexibility index (Phi) is 13.5. The second-order valence-electron chi connectivity index (χ2n) is 11.7. The van der Waals surface area contributed by atoms with Gasteiger partial charge in [0, 0.05) is 14.0 Å². The van der Waals surface area contributed by atoms with Gasteiger partial charge in [-0.1, -0.05) is 91.0 Å². The van der Waals surface area contributed by atoms with E-state index in [1.807, 2.05) is 91.0 Å². The van der Waals surface area contributed by atoms with Crippen LogP contribution in [0, 0.1) is 0 Å². The van der Waals surface area contributed by atoms with Gasteiger partial charge in [0.15, 0.2) is 18.7 Å². The van der Waals surface area contributed by atoms with Gasteiger partial charge < -0.3 is 53.2 Å². The average molecular weight is 669 g/mol. The lowest BCUT2D eigenvalue weighted by atomic mass is 9.96. The Hall–Kier alpha value is -3.27. The molecule has 12 nitrogen and oxygen atoms in total. The third-order valence-electron chi connectivity index (χ3n) is 8.21. The van der Waals surface area contributed by atoms with E-state index in [1.54, 1.807) is 0 Å². The lowest BCUT2D eigenvalue weighted by Crippen LogP contribution is -2.65. The molecular formula is C36H44O12. The van der Waals surface area contributed by atoms with Crippen molar-refractivity contribution in [3.63, 3.8) is 0 Å². The molecule has 12 heteroatoms. The van der Waals surface area contributed by atoms with Crippen LogP contribution in [0.1, 0.15) is 23.6 Å². The molecule has 0 spiro atoms. The summed E-state index contributed by atoms with van der Waals surface area (Å²) < 4.78 is 48.3. The Morgan fingerprint density at radius 2 is 1.19 bits per heavy atom. The van der Waals surface area contributed by atoms with E-state index in [0.717, 1.165) is 16.7 Å². The largest absolute Gasteiger partial charge is 0.457 e. The van der Waals surface area contributed by atoms with Gasteiger partial charge in [-0.25, -0.2) is 0 Å². The van der Waals surface area contributed by atoms with E-state index in [2.05, 4.69) is 0 Å². The van der Waals surface area contributed by atoms with E-state index in [0.29, 0.717) is 0 Å².